The minimum atomic E-state index is 0.417. The molecule has 0 amide bonds. The van der Waals surface area contributed by atoms with Crippen molar-refractivity contribution in [3.05, 3.63) is 70.2 Å². The van der Waals surface area contributed by atoms with Crippen molar-refractivity contribution < 1.29 is 0 Å². The summed E-state index contributed by atoms with van der Waals surface area (Å²) in [5, 5.41) is 0. The zero-order valence-corrected chi connectivity index (χ0v) is 12.4. The monoisotopic (exact) mass is 303 g/mol. The molecule has 0 bridgehead atoms. The standard InChI is InChI=1S/C16H18BrN/c1-18(2)16(12-13-6-4-3-5-7-13)14-8-10-15(17)11-9-14/h3-11,16H,12H2,1-2H3. The smallest absolute Gasteiger partial charge is 0.0382 e. The van der Waals surface area contributed by atoms with E-state index >= 15 is 0 Å². The van der Waals surface area contributed by atoms with Gasteiger partial charge in [0, 0.05) is 10.5 Å². The van der Waals surface area contributed by atoms with Gasteiger partial charge in [0.05, 0.1) is 0 Å². The van der Waals surface area contributed by atoms with Crippen LogP contribution in [0.4, 0.5) is 0 Å². The first-order valence-electron chi connectivity index (χ1n) is 6.12. The van der Waals surface area contributed by atoms with E-state index in [0.29, 0.717) is 6.04 Å². The highest BCUT2D eigenvalue weighted by molar-refractivity contribution is 9.10. The minimum Gasteiger partial charge on any atom is -0.302 e. The second kappa shape index (κ2) is 6.17. The Hall–Kier alpha value is -1.12. The van der Waals surface area contributed by atoms with Gasteiger partial charge in [-0.05, 0) is 43.8 Å². The summed E-state index contributed by atoms with van der Waals surface area (Å²) in [4.78, 5) is 2.27. The Kier molecular flexibility index (Phi) is 4.56. The van der Waals surface area contributed by atoms with Crippen molar-refractivity contribution in [2.45, 2.75) is 12.5 Å². The van der Waals surface area contributed by atoms with Crippen LogP contribution >= 0.6 is 15.9 Å². The summed E-state index contributed by atoms with van der Waals surface area (Å²) in [6, 6.07) is 19.7. The Morgan fingerprint density at radius 3 is 2.11 bits per heavy atom. The van der Waals surface area contributed by atoms with Crippen LogP contribution in [0.2, 0.25) is 0 Å². The predicted octanol–water partition coefficient (Wildman–Crippen LogP) is 4.29. The summed E-state index contributed by atoms with van der Waals surface area (Å²) < 4.78 is 1.13. The van der Waals surface area contributed by atoms with E-state index in [1.165, 1.54) is 11.1 Å². The van der Waals surface area contributed by atoms with Crippen LogP contribution in [0.15, 0.2) is 59.1 Å². The molecule has 0 heterocycles. The first-order valence-corrected chi connectivity index (χ1v) is 6.92. The molecule has 1 unspecified atom stereocenters. The van der Waals surface area contributed by atoms with Gasteiger partial charge in [-0.3, -0.25) is 0 Å². The molecular formula is C16H18BrN. The Balaban J connectivity index is 2.21. The summed E-state index contributed by atoms with van der Waals surface area (Å²) >= 11 is 3.48. The van der Waals surface area contributed by atoms with Crippen LogP contribution < -0.4 is 0 Å². The van der Waals surface area contributed by atoms with Crippen LogP contribution in [0.25, 0.3) is 0 Å². The van der Waals surface area contributed by atoms with E-state index in [1.54, 1.807) is 0 Å². The molecule has 2 heteroatoms. The molecule has 0 aliphatic rings. The van der Waals surface area contributed by atoms with Crippen LogP contribution in [0.1, 0.15) is 17.2 Å². The van der Waals surface area contributed by atoms with Crippen LogP contribution in [0.3, 0.4) is 0 Å². The third-order valence-electron chi connectivity index (χ3n) is 3.15. The molecule has 18 heavy (non-hydrogen) atoms. The lowest BCUT2D eigenvalue weighted by Crippen LogP contribution is -2.22. The first kappa shape index (κ1) is 13.3. The van der Waals surface area contributed by atoms with Crippen LogP contribution in [0, 0.1) is 0 Å². The fourth-order valence-corrected chi connectivity index (χ4v) is 2.39. The highest BCUT2D eigenvalue weighted by atomic mass is 79.9. The van der Waals surface area contributed by atoms with E-state index in [9.17, 15) is 0 Å². The van der Waals surface area contributed by atoms with E-state index in [0.717, 1.165) is 10.9 Å². The largest absolute Gasteiger partial charge is 0.302 e. The number of likely N-dealkylation sites (N-methyl/N-ethyl adjacent to an activating group) is 1. The summed E-state index contributed by atoms with van der Waals surface area (Å²) in [6.45, 7) is 0. The molecule has 0 radical (unpaired) electrons. The fourth-order valence-electron chi connectivity index (χ4n) is 2.12. The molecule has 0 saturated carbocycles. The van der Waals surface area contributed by atoms with Crippen molar-refractivity contribution in [1.29, 1.82) is 0 Å². The van der Waals surface area contributed by atoms with E-state index in [4.69, 9.17) is 0 Å². The molecule has 2 aromatic carbocycles. The zero-order chi connectivity index (χ0) is 13.0. The van der Waals surface area contributed by atoms with Gasteiger partial charge in [-0.25, -0.2) is 0 Å². The van der Waals surface area contributed by atoms with E-state index < -0.39 is 0 Å². The molecule has 2 aromatic rings. The van der Waals surface area contributed by atoms with Crippen LogP contribution in [-0.4, -0.2) is 19.0 Å². The summed E-state index contributed by atoms with van der Waals surface area (Å²) in [5.74, 6) is 0. The SMILES string of the molecule is CN(C)C(Cc1ccccc1)c1ccc(Br)cc1. The lowest BCUT2D eigenvalue weighted by Gasteiger charge is -2.25. The molecule has 0 saturated heterocycles. The number of rotatable bonds is 4. The van der Waals surface area contributed by atoms with E-state index in [-0.39, 0.29) is 0 Å². The normalized spacial score (nSPS) is 12.7. The van der Waals surface area contributed by atoms with Gasteiger partial charge in [-0.1, -0.05) is 58.4 Å². The van der Waals surface area contributed by atoms with Gasteiger partial charge in [0.15, 0.2) is 0 Å². The maximum atomic E-state index is 3.48. The predicted molar refractivity (Wildman–Crippen MR) is 80.7 cm³/mol. The highest BCUT2D eigenvalue weighted by Gasteiger charge is 2.14. The number of nitrogens with zero attached hydrogens (tertiary/aromatic N) is 1. The highest BCUT2D eigenvalue weighted by Crippen LogP contribution is 2.24. The molecule has 0 aliphatic heterocycles. The van der Waals surface area contributed by atoms with Crippen molar-refractivity contribution in [1.82, 2.24) is 4.90 Å². The molecular weight excluding hydrogens is 286 g/mol. The van der Waals surface area contributed by atoms with Crippen LogP contribution in [0.5, 0.6) is 0 Å². The van der Waals surface area contributed by atoms with Gasteiger partial charge in [0.2, 0.25) is 0 Å². The number of benzene rings is 2. The van der Waals surface area contributed by atoms with Crippen molar-refractivity contribution in [2.24, 2.45) is 0 Å². The first-order chi connectivity index (χ1) is 8.66. The third-order valence-corrected chi connectivity index (χ3v) is 3.68. The van der Waals surface area contributed by atoms with Gasteiger partial charge in [0.1, 0.15) is 0 Å². The summed E-state index contributed by atoms with van der Waals surface area (Å²) in [5.41, 5.74) is 2.73. The number of hydrogen-bond acceptors (Lipinski definition) is 1. The van der Waals surface area contributed by atoms with Crippen molar-refractivity contribution >= 4 is 15.9 Å². The average molecular weight is 304 g/mol. The van der Waals surface area contributed by atoms with Crippen molar-refractivity contribution in [2.75, 3.05) is 14.1 Å². The molecule has 2 rings (SSSR count). The van der Waals surface area contributed by atoms with Gasteiger partial charge < -0.3 is 4.90 Å². The lowest BCUT2D eigenvalue weighted by molar-refractivity contribution is 0.297. The Bertz CT molecular complexity index is 476. The molecule has 0 aromatic heterocycles. The van der Waals surface area contributed by atoms with Gasteiger partial charge in [-0.15, -0.1) is 0 Å². The minimum absolute atomic E-state index is 0.417. The maximum absolute atomic E-state index is 3.48. The Morgan fingerprint density at radius 2 is 1.56 bits per heavy atom. The van der Waals surface area contributed by atoms with Gasteiger partial charge in [0.25, 0.3) is 0 Å². The number of halogens is 1. The average Bonchev–Trinajstić information content (AvgIpc) is 2.38. The number of hydrogen-bond donors (Lipinski definition) is 0. The molecule has 0 spiro atoms. The molecule has 94 valence electrons. The molecule has 0 aliphatic carbocycles. The second-order valence-electron chi connectivity index (χ2n) is 4.72. The molecule has 0 fully saturated rings. The topological polar surface area (TPSA) is 3.24 Å². The third kappa shape index (κ3) is 3.44. The zero-order valence-electron chi connectivity index (χ0n) is 10.8. The molecule has 1 nitrogen and oxygen atoms in total. The quantitative estimate of drug-likeness (QED) is 0.814. The summed E-state index contributed by atoms with van der Waals surface area (Å²) in [7, 11) is 4.27. The molecule has 1 atom stereocenters. The van der Waals surface area contributed by atoms with Crippen molar-refractivity contribution in [3.63, 3.8) is 0 Å². The Morgan fingerprint density at radius 1 is 0.944 bits per heavy atom. The van der Waals surface area contributed by atoms with Gasteiger partial charge >= 0.3 is 0 Å². The van der Waals surface area contributed by atoms with E-state index in [1.807, 2.05) is 0 Å². The second-order valence-corrected chi connectivity index (χ2v) is 5.64. The summed E-state index contributed by atoms with van der Waals surface area (Å²) in [6.07, 6.45) is 1.04. The Labute approximate surface area is 118 Å². The van der Waals surface area contributed by atoms with Crippen LogP contribution in [-0.2, 0) is 6.42 Å². The maximum Gasteiger partial charge on any atom is 0.0382 e. The molecule has 0 N–H and O–H groups in total. The van der Waals surface area contributed by atoms with Gasteiger partial charge in [-0.2, -0.15) is 0 Å². The lowest BCUT2D eigenvalue weighted by atomic mass is 9.98. The van der Waals surface area contributed by atoms with E-state index in [2.05, 4.69) is 89.5 Å². The fraction of sp³-hybridized carbons (Fsp3) is 0.250. The van der Waals surface area contributed by atoms with Crippen molar-refractivity contribution in [3.8, 4) is 0 Å².